The molecule has 1 aliphatic heterocycles. The molecule has 1 fully saturated rings. The lowest BCUT2D eigenvalue weighted by atomic mass is 9.94. The van der Waals surface area contributed by atoms with E-state index in [2.05, 4.69) is 24.3 Å². The molecular formula is C23H28N2O3S. The van der Waals surface area contributed by atoms with Gasteiger partial charge in [-0.05, 0) is 24.0 Å². The quantitative estimate of drug-likeness (QED) is 0.429. The van der Waals surface area contributed by atoms with Crippen molar-refractivity contribution in [2.24, 2.45) is 11.7 Å². The van der Waals surface area contributed by atoms with Crippen LogP contribution in [-0.2, 0) is 26.5 Å². The zero-order chi connectivity index (χ0) is 20.5. The van der Waals surface area contributed by atoms with Crippen molar-refractivity contribution in [1.82, 2.24) is 4.90 Å². The molecule has 5 nitrogen and oxygen atoms in total. The number of amides is 2. The van der Waals surface area contributed by atoms with Crippen LogP contribution in [0.2, 0.25) is 0 Å². The molecule has 2 amide bonds. The Morgan fingerprint density at radius 3 is 2.31 bits per heavy atom. The average molecular weight is 413 g/mol. The fourth-order valence-corrected chi connectivity index (χ4v) is 4.88. The fraction of sp³-hybridized carbons (Fsp3) is 0.391. The van der Waals surface area contributed by atoms with E-state index >= 15 is 0 Å². The van der Waals surface area contributed by atoms with Gasteiger partial charge in [0.05, 0.1) is 17.9 Å². The number of carbonyl (C=O) groups excluding carboxylic acids is 2. The number of thioether (sulfide) groups is 1. The third-order valence-corrected chi connectivity index (χ3v) is 6.43. The molecule has 0 aliphatic carbocycles. The van der Waals surface area contributed by atoms with Crippen LogP contribution >= 0.6 is 11.8 Å². The monoisotopic (exact) mass is 412 g/mol. The topological polar surface area (TPSA) is 72.6 Å². The van der Waals surface area contributed by atoms with Crippen LogP contribution in [0.5, 0.6) is 0 Å². The molecule has 29 heavy (non-hydrogen) atoms. The highest BCUT2D eigenvalue weighted by molar-refractivity contribution is 7.99. The number of ether oxygens (including phenoxy) is 1. The van der Waals surface area contributed by atoms with Gasteiger partial charge in [-0.3, -0.25) is 9.59 Å². The van der Waals surface area contributed by atoms with E-state index < -0.39 is 5.91 Å². The van der Waals surface area contributed by atoms with Gasteiger partial charge in [0.15, 0.2) is 0 Å². The highest BCUT2D eigenvalue weighted by Crippen LogP contribution is 2.38. The standard InChI is InChI=1S/C23H28N2O3S/c24-21(26)16-20-22(27)25(23(20)29-17-19-10-5-2-6-11-19)13-15-28-14-7-12-18-8-3-1-4-9-18/h1-6,8-11,20,23H,7,12-17H2,(H2,24,26). The Kier molecular flexibility index (Phi) is 8.14. The Morgan fingerprint density at radius 1 is 1.00 bits per heavy atom. The maximum absolute atomic E-state index is 12.5. The summed E-state index contributed by atoms with van der Waals surface area (Å²) in [5.41, 5.74) is 7.85. The Hall–Kier alpha value is -2.31. The molecule has 1 heterocycles. The third-order valence-electron chi connectivity index (χ3n) is 5.01. The van der Waals surface area contributed by atoms with Gasteiger partial charge in [-0.2, -0.15) is 0 Å². The molecule has 154 valence electrons. The number of rotatable bonds is 12. The van der Waals surface area contributed by atoms with Gasteiger partial charge in [-0.15, -0.1) is 11.8 Å². The first kappa shape index (κ1) is 21.4. The predicted octanol–water partition coefficient (Wildman–Crippen LogP) is 3.23. The first-order valence-corrected chi connectivity index (χ1v) is 11.1. The summed E-state index contributed by atoms with van der Waals surface area (Å²) in [5.74, 6) is 0.0506. The normalized spacial score (nSPS) is 18.5. The molecule has 0 spiro atoms. The van der Waals surface area contributed by atoms with E-state index in [4.69, 9.17) is 10.5 Å². The van der Waals surface area contributed by atoms with Gasteiger partial charge >= 0.3 is 0 Å². The first-order chi connectivity index (χ1) is 14.1. The molecule has 6 heteroatoms. The SMILES string of the molecule is NC(=O)CC1C(=O)N(CCOCCCc2ccccc2)C1SCc1ccccc1. The van der Waals surface area contributed by atoms with Gasteiger partial charge in [0, 0.05) is 25.3 Å². The second kappa shape index (κ2) is 11.0. The van der Waals surface area contributed by atoms with Gasteiger partial charge in [0.25, 0.3) is 0 Å². The van der Waals surface area contributed by atoms with Gasteiger partial charge < -0.3 is 15.4 Å². The summed E-state index contributed by atoms with van der Waals surface area (Å²) in [6, 6.07) is 20.5. The fourth-order valence-electron chi connectivity index (χ4n) is 3.49. The van der Waals surface area contributed by atoms with Crippen molar-refractivity contribution < 1.29 is 14.3 Å². The number of hydrogen-bond acceptors (Lipinski definition) is 4. The number of primary amides is 1. The highest BCUT2D eigenvalue weighted by atomic mass is 32.2. The molecule has 3 rings (SSSR count). The zero-order valence-electron chi connectivity index (χ0n) is 16.5. The second-order valence-electron chi connectivity index (χ2n) is 7.20. The van der Waals surface area contributed by atoms with Crippen LogP contribution in [0, 0.1) is 5.92 Å². The molecule has 2 aromatic rings. The van der Waals surface area contributed by atoms with Crippen molar-refractivity contribution >= 4 is 23.6 Å². The number of benzene rings is 2. The summed E-state index contributed by atoms with van der Waals surface area (Å²) in [5, 5.41) is -0.0249. The molecule has 2 unspecified atom stereocenters. The molecule has 0 saturated carbocycles. The summed E-state index contributed by atoms with van der Waals surface area (Å²) in [6.07, 6.45) is 2.05. The van der Waals surface area contributed by atoms with Crippen molar-refractivity contribution in [3.63, 3.8) is 0 Å². The molecule has 2 N–H and O–H groups in total. The minimum atomic E-state index is -0.425. The third kappa shape index (κ3) is 6.34. The maximum Gasteiger partial charge on any atom is 0.230 e. The van der Waals surface area contributed by atoms with Crippen molar-refractivity contribution in [2.75, 3.05) is 19.8 Å². The van der Waals surface area contributed by atoms with E-state index in [1.54, 1.807) is 11.8 Å². The van der Waals surface area contributed by atoms with Crippen molar-refractivity contribution in [2.45, 2.75) is 30.4 Å². The minimum absolute atomic E-state index is 0.00208. The van der Waals surface area contributed by atoms with Crippen LogP contribution in [0.25, 0.3) is 0 Å². The maximum atomic E-state index is 12.5. The molecular weight excluding hydrogens is 384 g/mol. The van der Waals surface area contributed by atoms with E-state index in [9.17, 15) is 9.59 Å². The Bertz CT molecular complexity index is 785. The average Bonchev–Trinajstić information content (AvgIpc) is 2.74. The van der Waals surface area contributed by atoms with Gasteiger partial charge in [0.1, 0.15) is 0 Å². The first-order valence-electron chi connectivity index (χ1n) is 10.0. The van der Waals surface area contributed by atoms with Crippen LogP contribution < -0.4 is 5.73 Å². The number of hydrogen-bond donors (Lipinski definition) is 1. The van der Waals surface area contributed by atoms with Gasteiger partial charge in [-0.25, -0.2) is 0 Å². The minimum Gasteiger partial charge on any atom is -0.380 e. The van der Waals surface area contributed by atoms with Crippen molar-refractivity contribution in [1.29, 1.82) is 0 Å². The van der Waals surface area contributed by atoms with Crippen LogP contribution in [-0.4, -0.2) is 41.8 Å². The Morgan fingerprint density at radius 2 is 1.66 bits per heavy atom. The van der Waals surface area contributed by atoms with E-state index in [0.29, 0.717) is 19.8 Å². The Balaban J connectivity index is 1.42. The molecule has 2 aromatic carbocycles. The predicted molar refractivity (Wildman–Crippen MR) is 116 cm³/mol. The number of aryl methyl sites for hydroxylation is 1. The molecule has 0 radical (unpaired) electrons. The van der Waals surface area contributed by atoms with Crippen LogP contribution in [0.3, 0.4) is 0 Å². The molecule has 1 aliphatic rings. The number of likely N-dealkylation sites (tertiary alicyclic amines) is 1. The highest BCUT2D eigenvalue weighted by Gasteiger charge is 2.47. The van der Waals surface area contributed by atoms with E-state index in [-0.39, 0.29) is 23.6 Å². The number of nitrogens with two attached hydrogens (primary N) is 1. The molecule has 0 bridgehead atoms. The van der Waals surface area contributed by atoms with E-state index in [0.717, 1.165) is 18.6 Å². The lowest BCUT2D eigenvalue weighted by molar-refractivity contribution is -0.153. The van der Waals surface area contributed by atoms with E-state index in [1.807, 2.05) is 41.3 Å². The molecule has 0 aromatic heterocycles. The summed E-state index contributed by atoms with van der Waals surface area (Å²) in [4.78, 5) is 25.6. The van der Waals surface area contributed by atoms with Crippen molar-refractivity contribution in [3.05, 3.63) is 71.8 Å². The zero-order valence-corrected chi connectivity index (χ0v) is 17.4. The van der Waals surface area contributed by atoms with Gasteiger partial charge in [-0.1, -0.05) is 60.7 Å². The summed E-state index contributed by atoms with van der Waals surface area (Å²) in [7, 11) is 0. The lowest BCUT2D eigenvalue weighted by Gasteiger charge is -2.46. The smallest absolute Gasteiger partial charge is 0.230 e. The largest absolute Gasteiger partial charge is 0.380 e. The van der Waals surface area contributed by atoms with Crippen molar-refractivity contribution in [3.8, 4) is 0 Å². The summed E-state index contributed by atoms with van der Waals surface area (Å²) < 4.78 is 5.74. The van der Waals surface area contributed by atoms with Crippen LogP contribution in [0.4, 0.5) is 0 Å². The number of carbonyl (C=O) groups is 2. The van der Waals surface area contributed by atoms with E-state index in [1.165, 1.54) is 11.1 Å². The van der Waals surface area contributed by atoms with Crippen LogP contribution in [0.15, 0.2) is 60.7 Å². The number of nitrogens with zero attached hydrogens (tertiary/aromatic N) is 1. The number of β-lactam (4-membered cyclic amide) rings is 1. The molecule has 1 saturated heterocycles. The van der Waals surface area contributed by atoms with Crippen LogP contribution in [0.1, 0.15) is 24.0 Å². The lowest BCUT2D eigenvalue weighted by Crippen LogP contribution is -2.60. The van der Waals surface area contributed by atoms with Gasteiger partial charge in [0.2, 0.25) is 11.8 Å². The summed E-state index contributed by atoms with van der Waals surface area (Å²) >= 11 is 1.69. The summed E-state index contributed by atoms with van der Waals surface area (Å²) in [6.45, 7) is 1.72. The molecule has 2 atom stereocenters. The second-order valence-corrected chi connectivity index (χ2v) is 8.30. The Labute approximate surface area is 176 Å².